The maximum absolute atomic E-state index is 12.6. The fraction of sp³-hybridized carbons (Fsp3) is 0.300. The molecule has 1 atom stereocenters. The normalized spacial score (nSPS) is 16.4. The Balaban J connectivity index is 1.44. The van der Waals surface area contributed by atoms with Gasteiger partial charge in [0.25, 0.3) is 0 Å². The highest BCUT2D eigenvalue weighted by atomic mass is 32.1. The number of carbonyl (C=O) groups excluding carboxylic acids is 2. The second-order valence-corrected chi connectivity index (χ2v) is 7.74. The van der Waals surface area contributed by atoms with E-state index in [9.17, 15) is 9.59 Å². The molecule has 8 nitrogen and oxygen atoms in total. The standard InChI is InChI=1S/C20H21N5O3S/c1-2-28-14-5-6-15-16(9-14)29-20(24-15)25-11-13(8-17(25)26)19(27)23-10-12-4-3-7-22-18(12)21/h3-7,9,13H,2,8,10-11H2,1H3,(H2,21,22)(H,23,27). The van der Waals surface area contributed by atoms with E-state index in [4.69, 9.17) is 10.5 Å². The predicted octanol–water partition coefficient (Wildman–Crippen LogP) is 2.34. The second kappa shape index (κ2) is 8.04. The topological polar surface area (TPSA) is 110 Å². The second-order valence-electron chi connectivity index (χ2n) is 6.73. The van der Waals surface area contributed by atoms with Crippen LogP contribution in [-0.4, -0.2) is 34.9 Å². The molecule has 29 heavy (non-hydrogen) atoms. The van der Waals surface area contributed by atoms with Gasteiger partial charge < -0.3 is 15.8 Å². The van der Waals surface area contributed by atoms with Crippen LogP contribution in [0.1, 0.15) is 18.9 Å². The Labute approximate surface area is 171 Å². The molecule has 2 aromatic heterocycles. The van der Waals surface area contributed by atoms with Crippen molar-refractivity contribution >= 4 is 44.3 Å². The molecule has 1 unspecified atom stereocenters. The first kappa shape index (κ1) is 19.1. The van der Waals surface area contributed by atoms with Crippen molar-refractivity contribution in [2.24, 2.45) is 5.92 Å². The third-order valence-electron chi connectivity index (χ3n) is 4.77. The Kier molecular flexibility index (Phi) is 5.30. The summed E-state index contributed by atoms with van der Waals surface area (Å²) in [4.78, 5) is 35.2. The highest BCUT2D eigenvalue weighted by molar-refractivity contribution is 7.22. The first-order valence-corrected chi connectivity index (χ1v) is 10.2. The molecule has 150 valence electrons. The van der Waals surface area contributed by atoms with Gasteiger partial charge in [-0.15, -0.1) is 0 Å². The van der Waals surface area contributed by atoms with Crippen LogP contribution in [0.4, 0.5) is 10.9 Å². The number of nitrogen functional groups attached to an aromatic ring is 1. The maximum Gasteiger partial charge on any atom is 0.229 e. The summed E-state index contributed by atoms with van der Waals surface area (Å²) in [6.45, 7) is 3.11. The summed E-state index contributed by atoms with van der Waals surface area (Å²) >= 11 is 1.42. The van der Waals surface area contributed by atoms with E-state index in [-0.39, 0.29) is 24.8 Å². The van der Waals surface area contributed by atoms with Crippen LogP contribution < -0.4 is 20.7 Å². The Morgan fingerprint density at radius 1 is 1.41 bits per heavy atom. The molecule has 1 aliphatic heterocycles. The van der Waals surface area contributed by atoms with E-state index >= 15 is 0 Å². The van der Waals surface area contributed by atoms with Crippen molar-refractivity contribution in [1.82, 2.24) is 15.3 Å². The Bertz CT molecular complexity index is 1070. The molecule has 3 heterocycles. The molecule has 1 saturated heterocycles. The van der Waals surface area contributed by atoms with Crippen LogP contribution in [0.25, 0.3) is 10.2 Å². The molecule has 0 saturated carbocycles. The van der Waals surface area contributed by atoms with E-state index < -0.39 is 5.92 Å². The fourth-order valence-electron chi connectivity index (χ4n) is 3.26. The minimum absolute atomic E-state index is 0.102. The van der Waals surface area contributed by atoms with Gasteiger partial charge in [0, 0.05) is 31.3 Å². The summed E-state index contributed by atoms with van der Waals surface area (Å²) in [6, 6.07) is 9.24. The summed E-state index contributed by atoms with van der Waals surface area (Å²) < 4.78 is 6.47. The third kappa shape index (κ3) is 4.00. The first-order valence-electron chi connectivity index (χ1n) is 9.36. The largest absolute Gasteiger partial charge is 0.494 e. The lowest BCUT2D eigenvalue weighted by Crippen LogP contribution is -2.32. The lowest BCUT2D eigenvalue weighted by atomic mass is 10.1. The number of aromatic nitrogens is 2. The number of hydrogen-bond acceptors (Lipinski definition) is 7. The number of nitrogens with two attached hydrogens (primary N) is 1. The van der Waals surface area contributed by atoms with Gasteiger partial charge in [0.2, 0.25) is 11.8 Å². The minimum atomic E-state index is -0.425. The molecule has 0 aliphatic carbocycles. The first-order chi connectivity index (χ1) is 14.0. The van der Waals surface area contributed by atoms with Gasteiger partial charge in [-0.2, -0.15) is 0 Å². The molecule has 4 rings (SSSR count). The Hall–Kier alpha value is -3.20. The summed E-state index contributed by atoms with van der Waals surface area (Å²) in [5.74, 6) is 0.457. The summed E-state index contributed by atoms with van der Waals surface area (Å²) in [6.07, 6.45) is 1.76. The molecule has 9 heteroatoms. The molecule has 3 aromatic rings. The van der Waals surface area contributed by atoms with Gasteiger partial charge in [0.1, 0.15) is 11.6 Å². The number of pyridine rings is 1. The van der Waals surface area contributed by atoms with E-state index in [2.05, 4.69) is 15.3 Å². The van der Waals surface area contributed by atoms with Gasteiger partial charge in [0.05, 0.1) is 22.7 Å². The number of benzene rings is 1. The molecular weight excluding hydrogens is 390 g/mol. The van der Waals surface area contributed by atoms with Gasteiger partial charge in [-0.3, -0.25) is 14.5 Å². The monoisotopic (exact) mass is 411 g/mol. The van der Waals surface area contributed by atoms with Crippen LogP contribution in [0, 0.1) is 5.92 Å². The average molecular weight is 411 g/mol. The quantitative estimate of drug-likeness (QED) is 0.644. The van der Waals surface area contributed by atoms with Crippen molar-refractivity contribution in [2.45, 2.75) is 19.9 Å². The van der Waals surface area contributed by atoms with Crippen LogP contribution in [0.5, 0.6) is 5.75 Å². The van der Waals surface area contributed by atoms with Crippen LogP contribution in [0.3, 0.4) is 0 Å². The van der Waals surface area contributed by atoms with Crippen molar-refractivity contribution in [3.05, 3.63) is 42.1 Å². The van der Waals surface area contributed by atoms with E-state index in [1.165, 1.54) is 11.3 Å². The lowest BCUT2D eigenvalue weighted by Gasteiger charge is -2.13. The predicted molar refractivity (Wildman–Crippen MR) is 112 cm³/mol. The van der Waals surface area contributed by atoms with Gasteiger partial charge in [0.15, 0.2) is 5.13 Å². The van der Waals surface area contributed by atoms with Crippen molar-refractivity contribution < 1.29 is 14.3 Å². The number of anilines is 2. The van der Waals surface area contributed by atoms with E-state index in [0.29, 0.717) is 24.1 Å². The molecule has 1 aromatic carbocycles. The highest BCUT2D eigenvalue weighted by Gasteiger charge is 2.36. The number of nitrogens with zero attached hydrogens (tertiary/aromatic N) is 3. The van der Waals surface area contributed by atoms with Crippen LogP contribution >= 0.6 is 11.3 Å². The van der Waals surface area contributed by atoms with Gasteiger partial charge in [-0.1, -0.05) is 17.4 Å². The molecular formula is C20H21N5O3S. The maximum atomic E-state index is 12.6. The molecule has 1 fully saturated rings. The van der Waals surface area contributed by atoms with E-state index in [1.54, 1.807) is 17.2 Å². The zero-order valence-electron chi connectivity index (χ0n) is 15.9. The van der Waals surface area contributed by atoms with Crippen molar-refractivity contribution in [2.75, 3.05) is 23.8 Å². The zero-order chi connectivity index (χ0) is 20.4. The van der Waals surface area contributed by atoms with Gasteiger partial charge in [-0.25, -0.2) is 9.97 Å². The van der Waals surface area contributed by atoms with E-state index in [1.807, 2.05) is 31.2 Å². The number of amides is 2. The third-order valence-corrected chi connectivity index (χ3v) is 5.81. The van der Waals surface area contributed by atoms with Crippen LogP contribution in [0.2, 0.25) is 0 Å². The van der Waals surface area contributed by atoms with Gasteiger partial charge in [-0.05, 0) is 31.2 Å². The lowest BCUT2D eigenvalue weighted by molar-refractivity contribution is -0.126. The number of fused-ring (bicyclic) bond motifs is 1. The number of thiazole rings is 1. The number of hydrogen-bond donors (Lipinski definition) is 2. The summed E-state index contributed by atoms with van der Waals surface area (Å²) in [7, 11) is 0. The molecule has 0 bridgehead atoms. The van der Waals surface area contributed by atoms with Crippen LogP contribution in [0.15, 0.2) is 36.5 Å². The van der Waals surface area contributed by atoms with Crippen molar-refractivity contribution in [3.63, 3.8) is 0 Å². The molecule has 1 aliphatic rings. The SMILES string of the molecule is CCOc1ccc2nc(N3CC(C(=O)NCc4cccnc4N)CC3=O)sc2c1. The number of nitrogens with one attached hydrogen (secondary N) is 1. The number of rotatable bonds is 6. The Morgan fingerprint density at radius 3 is 3.07 bits per heavy atom. The molecule has 3 N–H and O–H groups in total. The van der Waals surface area contributed by atoms with Crippen molar-refractivity contribution in [1.29, 1.82) is 0 Å². The summed E-state index contributed by atoms with van der Waals surface area (Å²) in [5, 5.41) is 3.45. The molecule has 0 spiro atoms. The van der Waals surface area contributed by atoms with Crippen molar-refractivity contribution in [3.8, 4) is 5.75 Å². The molecule has 0 radical (unpaired) electrons. The molecule has 2 amide bonds. The summed E-state index contributed by atoms with van der Waals surface area (Å²) in [5.41, 5.74) is 7.36. The number of ether oxygens (including phenoxy) is 1. The van der Waals surface area contributed by atoms with E-state index in [0.717, 1.165) is 21.5 Å². The van der Waals surface area contributed by atoms with Gasteiger partial charge >= 0.3 is 0 Å². The number of carbonyl (C=O) groups is 2. The highest BCUT2D eigenvalue weighted by Crippen LogP contribution is 2.34. The Morgan fingerprint density at radius 2 is 2.28 bits per heavy atom. The fourth-order valence-corrected chi connectivity index (χ4v) is 4.28. The zero-order valence-corrected chi connectivity index (χ0v) is 16.7. The smallest absolute Gasteiger partial charge is 0.229 e. The average Bonchev–Trinajstić information content (AvgIpc) is 3.30. The van der Waals surface area contributed by atoms with Crippen LogP contribution in [-0.2, 0) is 16.1 Å². The minimum Gasteiger partial charge on any atom is -0.494 e.